The summed E-state index contributed by atoms with van der Waals surface area (Å²) in [6.45, 7) is 6.36. The van der Waals surface area contributed by atoms with E-state index in [1.54, 1.807) is 0 Å². The number of rotatable bonds is 11. The Morgan fingerprint density at radius 1 is 0.889 bits per heavy atom. The van der Waals surface area contributed by atoms with Gasteiger partial charge in [-0.3, -0.25) is 0 Å². The van der Waals surface area contributed by atoms with Crippen LogP contribution in [0, 0.1) is 0 Å². The van der Waals surface area contributed by atoms with Crippen LogP contribution in [-0.2, 0) is 7.43 Å². The van der Waals surface area contributed by atoms with E-state index in [-0.39, 0.29) is 0 Å². The second-order valence-electron chi connectivity index (χ2n) is 5.08. The van der Waals surface area contributed by atoms with Crippen molar-refractivity contribution < 1.29 is 17.2 Å². The predicted molar refractivity (Wildman–Crippen MR) is 78.0 cm³/mol. The van der Waals surface area contributed by atoms with Crippen molar-refractivity contribution in [1.29, 1.82) is 0 Å². The van der Waals surface area contributed by atoms with Crippen LogP contribution >= 0.6 is 7.82 Å². The molecule has 0 aromatic rings. The van der Waals surface area contributed by atoms with Crippen LogP contribution in [0.4, 0.5) is 0 Å². The maximum absolute atomic E-state index is 11.3. The Morgan fingerprint density at radius 2 is 1.22 bits per heavy atom. The molecule has 0 saturated carbocycles. The molecule has 0 radical (unpaired) electrons. The molecule has 0 heterocycles. The first-order valence-electron chi connectivity index (χ1n) is 7.15. The van der Waals surface area contributed by atoms with Crippen LogP contribution in [-0.4, -0.2) is 28.6 Å². The van der Waals surface area contributed by atoms with E-state index >= 15 is 0 Å². The number of unbranched alkanes of at least 4 members (excludes halogenated alkanes) is 3. The van der Waals surface area contributed by atoms with E-state index in [1.165, 1.54) is 0 Å². The van der Waals surface area contributed by atoms with Crippen molar-refractivity contribution in [3.63, 3.8) is 0 Å². The van der Waals surface area contributed by atoms with Crippen molar-refractivity contribution in [1.82, 2.24) is 0 Å². The quantitative estimate of drug-likeness (QED) is 0.407. The molecule has 0 aromatic carbocycles. The van der Waals surface area contributed by atoms with Gasteiger partial charge in [-0.05, 0) is 0 Å². The van der Waals surface area contributed by atoms with Gasteiger partial charge in [-0.1, -0.05) is 0 Å². The Bertz CT molecular complexity index is 233. The van der Waals surface area contributed by atoms with Crippen molar-refractivity contribution in [2.24, 2.45) is 0 Å². The van der Waals surface area contributed by atoms with E-state index in [9.17, 15) is 14.4 Å². The molecule has 0 aromatic heterocycles. The molecule has 0 aliphatic rings. The summed E-state index contributed by atoms with van der Waals surface area (Å²) in [6, 6.07) is 0. The summed E-state index contributed by atoms with van der Waals surface area (Å²) in [6.07, 6.45) is 6.35. The third-order valence-corrected chi connectivity index (χ3v) is 20.1. The second-order valence-corrected chi connectivity index (χ2v) is 18.8. The van der Waals surface area contributed by atoms with Gasteiger partial charge in [0.1, 0.15) is 0 Å². The van der Waals surface area contributed by atoms with E-state index in [2.05, 4.69) is 20.8 Å². The maximum atomic E-state index is 11.3. The second kappa shape index (κ2) is 9.76. The molecular formula is C12H29O4PSn. The summed E-state index contributed by atoms with van der Waals surface area (Å²) in [5.74, 6) is 0. The topological polar surface area (TPSA) is 66.8 Å². The van der Waals surface area contributed by atoms with Crippen LogP contribution in [0.25, 0.3) is 0 Å². The van der Waals surface area contributed by atoms with Crippen LogP contribution < -0.4 is 0 Å². The third kappa shape index (κ3) is 8.92. The molecular weight excluding hydrogens is 358 g/mol. The van der Waals surface area contributed by atoms with Gasteiger partial charge in [0.05, 0.1) is 0 Å². The van der Waals surface area contributed by atoms with Gasteiger partial charge in [-0.25, -0.2) is 0 Å². The van der Waals surface area contributed by atoms with Gasteiger partial charge in [-0.2, -0.15) is 0 Å². The van der Waals surface area contributed by atoms with E-state index in [0.29, 0.717) is 0 Å². The summed E-state index contributed by atoms with van der Waals surface area (Å²) in [4.78, 5) is 18.4. The molecule has 0 spiro atoms. The van der Waals surface area contributed by atoms with Gasteiger partial charge < -0.3 is 0 Å². The first-order chi connectivity index (χ1) is 8.39. The Labute approximate surface area is 116 Å². The summed E-state index contributed by atoms with van der Waals surface area (Å²) < 4.78 is 19.5. The van der Waals surface area contributed by atoms with Crippen LogP contribution in [0.5, 0.6) is 0 Å². The zero-order chi connectivity index (χ0) is 14.1. The van der Waals surface area contributed by atoms with Crippen molar-refractivity contribution in [2.75, 3.05) is 0 Å². The summed E-state index contributed by atoms with van der Waals surface area (Å²) in [5.41, 5.74) is 0. The first-order valence-corrected chi connectivity index (χ1v) is 15.9. The van der Waals surface area contributed by atoms with Gasteiger partial charge in [0, 0.05) is 0 Å². The number of hydrogen-bond donors (Lipinski definition) is 2. The molecule has 4 nitrogen and oxygen atoms in total. The molecule has 0 bridgehead atoms. The summed E-state index contributed by atoms with van der Waals surface area (Å²) >= 11 is -3.09. The summed E-state index contributed by atoms with van der Waals surface area (Å²) in [7, 11) is -4.31. The molecule has 0 atom stereocenters. The Balaban J connectivity index is 4.78. The fourth-order valence-corrected chi connectivity index (χ4v) is 20.4. The van der Waals surface area contributed by atoms with Crippen molar-refractivity contribution >= 4 is 26.6 Å². The normalized spacial score (nSPS) is 12.9. The number of phosphoric acid groups is 1. The Kier molecular flexibility index (Phi) is 10.2. The zero-order valence-corrected chi connectivity index (χ0v) is 15.8. The van der Waals surface area contributed by atoms with E-state index in [1.807, 2.05) is 0 Å². The fourth-order valence-electron chi connectivity index (χ4n) is 2.26. The standard InChI is InChI=1S/3C4H9.H3O4P.Sn/c3*1-3-4-2;1-5(2,3)4;/h3*1,3-4H2,2H3;(H3,1,2,3,4);/q;;;;+1/p-1. The minimum absolute atomic E-state index is 0.955. The molecule has 6 heteroatoms. The molecule has 0 amide bonds. The minimum atomic E-state index is -4.31. The molecule has 0 aliphatic carbocycles. The first kappa shape index (κ1) is 18.9. The van der Waals surface area contributed by atoms with Crippen molar-refractivity contribution in [3.05, 3.63) is 0 Å². The van der Waals surface area contributed by atoms with Gasteiger partial charge in [0.15, 0.2) is 0 Å². The average Bonchev–Trinajstić information content (AvgIpc) is 2.29. The van der Waals surface area contributed by atoms with Crippen LogP contribution in [0.1, 0.15) is 59.3 Å². The van der Waals surface area contributed by atoms with Crippen molar-refractivity contribution in [3.8, 4) is 0 Å². The molecule has 110 valence electrons. The molecule has 0 fully saturated rings. The van der Waals surface area contributed by atoms with Crippen molar-refractivity contribution in [2.45, 2.75) is 72.6 Å². The summed E-state index contributed by atoms with van der Waals surface area (Å²) in [5, 5.41) is 0. The molecule has 0 aliphatic heterocycles. The molecule has 2 N–H and O–H groups in total. The number of hydrogen-bond acceptors (Lipinski definition) is 2. The van der Waals surface area contributed by atoms with Gasteiger partial charge >= 0.3 is 116 Å². The van der Waals surface area contributed by atoms with Crippen LogP contribution in [0.15, 0.2) is 0 Å². The Hall–Kier alpha value is 0.909. The predicted octanol–water partition coefficient (Wildman–Crippen LogP) is 4.44. The van der Waals surface area contributed by atoms with Gasteiger partial charge in [-0.15, -0.1) is 0 Å². The van der Waals surface area contributed by atoms with E-state index in [4.69, 9.17) is 2.86 Å². The average molecular weight is 387 g/mol. The van der Waals surface area contributed by atoms with Gasteiger partial charge in [0.25, 0.3) is 0 Å². The molecule has 18 heavy (non-hydrogen) atoms. The molecule has 0 unspecified atom stereocenters. The Morgan fingerprint density at radius 3 is 1.44 bits per heavy atom. The van der Waals surface area contributed by atoms with E-state index in [0.717, 1.165) is 51.8 Å². The van der Waals surface area contributed by atoms with Gasteiger partial charge in [0.2, 0.25) is 0 Å². The molecule has 0 saturated heterocycles. The fraction of sp³-hybridized carbons (Fsp3) is 1.00. The van der Waals surface area contributed by atoms with E-state index < -0.39 is 26.6 Å². The molecule has 0 rings (SSSR count). The van der Waals surface area contributed by atoms with Crippen LogP contribution in [0.3, 0.4) is 0 Å². The monoisotopic (exact) mass is 388 g/mol. The zero-order valence-electron chi connectivity index (χ0n) is 12.0. The SMILES string of the molecule is CCC[CH2][Sn]([CH2]CCC)([CH2]CCC)[O]P(=O)(O)O. The third-order valence-electron chi connectivity index (χ3n) is 3.27. The van der Waals surface area contributed by atoms with Crippen LogP contribution in [0.2, 0.25) is 13.3 Å².